The minimum absolute atomic E-state index is 0.0378. The molecule has 0 saturated heterocycles. The summed E-state index contributed by atoms with van der Waals surface area (Å²) in [5.74, 6) is 0.639. The van der Waals surface area contributed by atoms with E-state index in [2.05, 4.69) is 26.2 Å². The lowest BCUT2D eigenvalue weighted by Crippen LogP contribution is -2.31. The summed E-state index contributed by atoms with van der Waals surface area (Å²) in [4.78, 5) is 13.5. The van der Waals surface area contributed by atoms with Gasteiger partial charge in [-0.05, 0) is 60.2 Å². The van der Waals surface area contributed by atoms with Crippen LogP contribution in [0, 0.1) is 12.7 Å². The molecule has 0 fully saturated rings. The molecular weight excluding hydrogens is 475 g/mol. The fraction of sp³-hybridized carbons (Fsp3) is 0.185. The molecular formula is C27H25FN6O3. The van der Waals surface area contributed by atoms with Crippen LogP contribution in [0.5, 0.6) is 11.5 Å². The number of fused-ring (bicyclic) bond motifs is 1. The number of hydrogen-bond acceptors (Lipinski definition) is 7. The first-order chi connectivity index (χ1) is 17.9. The number of carbonyl (C=O) groups excluding carboxylic acids is 1. The highest BCUT2D eigenvalue weighted by Crippen LogP contribution is 2.39. The highest BCUT2D eigenvalue weighted by Gasteiger charge is 2.34. The Labute approximate surface area is 212 Å². The van der Waals surface area contributed by atoms with Gasteiger partial charge in [-0.25, -0.2) is 4.39 Å². The summed E-state index contributed by atoms with van der Waals surface area (Å²) in [5, 5.41) is 18.0. The van der Waals surface area contributed by atoms with Gasteiger partial charge in [0.05, 0.1) is 12.7 Å². The van der Waals surface area contributed by atoms with Crippen molar-refractivity contribution in [2.24, 2.45) is 0 Å². The van der Waals surface area contributed by atoms with Crippen LogP contribution in [-0.4, -0.2) is 33.2 Å². The first-order valence-electron chi connectivity index (χ1n) is 11.6. The molecule has 1 aromatic heterocycles. The van der Waals surface area contributed by atoms with E-state index in [4.69, 9.17) is 9.47 Å². The van der Waals surface area contributed by atoms with Crippen molar-refractivity contribution in [1.82, 2.24) is 20.2 Å². The second kappa shape index (κ2) is 10.1. The Bertz CT molecular complexity index is 1480. The maximum Gasteiger partial charge on any atom is 0.255 e. The number of nitrogens with zero attached hydrogens (tertiary/aromatic N) is 4. The van der Waals surface area contributed by atoms with E-state index >= 15 is 0 Å². The molecule has 0 spiro atoms. The highest BCUT2D eigenvalue weighted by molar-refractivity contribution is 6.06. The van der Waals surface area contributed by atoms with Crippen LogP contribution >= 0.6 is 0 Å². The summed E-state index contributed by atoms with van der Waals surface area (Å²) in [6, 6.07) is 18.7. The van der Waals surface area contributed by atoms with Crippen molar-refractivity contribution in [3.8, 4) is 11.5 Å². The topological polar surface area (TPSA) is 103 Å². The Hall–Kier alpha value is -4.73. The number of ether oxygens (including phenoxy) is 2. The summed E-state index contributed by atoms with van der Waals surface area (Å²) >= 11 is 0. The van der Waals surface area contributed by atoms with Gasteiger partial charge >= 0.3 is 0 Å². The molecule has 9 nitrogen and oxygen atoms in total. The number of methoxy groups -OCH3 is 1. The number of anilines is 2. The van der Waals surface area contributed by atoms with Gasteiger partial charge in [-0.15, -0.1) is 0 Å². The van der Waals surface area contributed by atoms with Crippen LogP contribution in [0.1, 0.15) is 29.7 Å². The number of aryl methyl sites for hydroxylation is 1. The van der Waals surface area contributed by atoms with Crippen LogP contribution in [0.25, 0.3) is 0 Å². The van der Waals surface area contributed by atoms with E-state index in [1.807, 2.05) is 37.3 Å². The molecule has 37 heavy (non-hydrogen) atoms. The van der Waals surface area contributed by atoms with Crippen LogP contribution in [0.15, 0.2) is 78.0 Å². The fourth-order valence-corrected chi connectivity index (χ4v) is 4.19. The van der Waals surface area contributed by atoms with Gasteiger partial charge in [0, 0.05) is 16.9 Å². The molecule has 0 bridgehead atoms. The Morgan fingerprint density at radius 3 is 2.62 bits per heavy atom. The lowest BCUT2D eigenvalue weighted by atomic mass is 9.94. The molecule has 1 atom stereocenters. The largest absolute Gasteiger partial charge is 0.493 e. The van der Waals surface area contributed by atoms with Crippen molar-refractivity contribution in [3.63, 3.8) is 0 Å². The van der Waals surface area contributed by atoms with Crippen molar-refractivity contribution in [3.05, 3.63) is 101 Å². The molecule has 0 aliphatic carbocycles. The van der Waals surface area contributed by atoms with Gasteiger partial charge < -0.3 is 20.1 Å². The number of allylic oxidation sites excluding steroid dienone is 1. The molecule has 0 saturated carbocycles. The van der Waals surface area contributed by atoms with E-state index in [1.54, 1.807) is 41.9 Å². The van der Waals surface area contributed by atoms with E-state index in [-0.39, 0.29) is 18.3 Å². The van der Waals surface area contributed by atoms with Gasteiger partial charge in [0.1, 0.15) is 18.5 Å². The molecule has 1 aliphatic heterocycles. The van der Waals surface area contributed by atoms with E-state index in [0.29, 0.717) is 45.5 Å². The lowest BCUT2D eigenvalue weighted by Gasteiger charge is -2.28. The second-order valence-corrected chi connectivity index (χ2v) is 8.62. The van der Waals surface area contributed by atoms with Crippen molar-refractivity contribution >= 4 is 17.5 Å². The van der Waals surface area contributed by atoms with Gasteiger partial charge in [-0.3, -0.25) is 4.79 Å². The summed E-state index contributed by atoms with van der Waals surface area (Å²) in [5.41, 5.74) is 3.97. The average molecular weight is 501 g/mol. The summed E-state index contributed by atoms with van der Waals surface area (Å²) in [6.07, 6.45) is 0. The SMILES string of the molecule is COc1cc(C2C(C(=O)Nc3ccc(C)cc3)=C(C)Nc3nnnn32)ccc1OCc1ccccc1F. The zero-order chi connectivity index (χ0) is 25.9. The molecule has 188 valence electrons. The van der Waals surface area contributed by atoms with Crippen LogP contribution in [-0.2, 0) is 11.4 Å². The third kappa shape index (κ3) is 4.86. The number of tetrazole rings is 1. The number of benzene rings is 3. The molecule has 3 aromatic carbocycles. The van der Waals surface area contributed by atoms with Crippen LogP contribution in [0.2, 0.25) is 0 Å². The monoisotopic (exact) mass is 500 g/mol. The number of rotatable bonds is 7. The van der Waals surface area contributed by atoms with Crippen LogP contribution in [0.3, 0.4) is 0 Å². The van der Waals surface area contributed by atoms with Gasteiger partial charge in [0.15, 0.2) is 11.5 Å². The molecule has 2 heterocycles. The zero-order valence-corrected chi connectivity index (χ0v) is 20.5. The van der Waals surface area contributed by atoms with E-state index < -0.39 is 6.04 Å². The minimum atomic E-state index is -0.633. The van der Waals surface area contributed by atoms with Crippen LogP contribution < -0.4 is 20.1 Å². The standard InChI is InChI=1S/C27H25FN6O3/c1-16-8-11-20(12-9-16)30-26(35)24-17(2)29-27-31-32-33-34(27)25(24)18-10-13-22(23(14-18)36-3)37-15-19-6-4-5-7-21(19)28/h4-14,25H,15H2,1-3H3,(H,30,35)(H,29,31,33). The zero-order valence-electron chi connectivity index (χ0n) is 20.5. The van der Waals surface area contributed by atoms with Gasteiger partial charge in [0.25, 0.3) is 5.91 Å². The molecule has 1 amide bonds. The molecule has 10 heteroatoms. The van der Waals surface area contributed by atoms with Crippen molar-refractivity contribution < 1.29 is 18.7 Å². The van der Waals surface area contributed by atoms with E-state index in [1.165, 1.54) is 13.2 Å². The fourth-order valence-electron chi connectivity index (χ4n) is 4.19. The third-order valence-corrected chi connectivity index (χ3v) is 6.11. The number of carbonyl (C=O) groups is 1. The van der Waals surface area contributed by atoms with E-state index in [9.17, 15) is 9.18 Å². The van der Waals surface area contributed by atoms with Crippen LogP contribution in [0.4, 0.5) is 16.0 Å². The Morgan fingerprint density at radius 2 is 1.86 bits per heavy atom. The first kappa shape index (κ1) is 24.0. The molecule has 4 aromatic rings. The predicted octanol–water partition coefficient (Wildman–Crippen LogP) is 4.64. The predicted molar refractivity (Wildman–Crippen MR) is 136 cm³/mol. The average Bonchev–Trinajstić information content (AvgIpc) is 3.36. The first-order valence-corrected chi connectivity index (χ1v) is 11.6. The highest BCUT2D eigenvalue weighted by atomic mass is 19.1. The normalized spacial score (nSPS) is 14.5. The Balaban J connectivity index is 1.47. The molecule has 2 N–H and O–H groups in total. The number of hydrogen-bond donors (Lipinski definition) is 2. The summed E-state index contributed by atoms with van der Waals surface area (Å²) in [7, 11) is 1.52. The lowest BCUT2D eigenvalue weighted by molar-refractivity contribution is -0.113. The second-order valence-electron chi connectivity index (χ2n) is 8.62. The number of aromatic nitrogens is 4. The van der Waals surface area contributed by atoms with Gasteiger partial charge in [0.2, 0.25) is 5.95 Å². The van der Waals surface area contributed by atoms with Gasteiger partial charge in [-0.2, -0.15) is 4.68 Å². The minimum Gasteiger partial charge on any atom is -0.493 e. The van der Waals surface area contributed by atoms with Crippen molar-refractivity contribution in [2.75, 3.05) is 17.7 Å². The third-order valence-electron chi connectivity index (χ3n) is 6.11. The number of amides is 1. The smallest absolute Gasteiger partial charge is 0.255 e. The van der Waals surface area contributed by atoms with Crippen molar-refractivity contribution in [1.29, 1.82) is 0 Å². The van der Waals surface area contributed by atoms with E-state index in [0.717, 1.165) is 5.56 Å². The molecule has 1 unspecified atom stereocenters. The maximum atomic E-state index is 14.0. The Kier molecular flexibility index (Phi) is 6.55. The summed E-state index contributed by atoms with van der Waals surface area (Å²) in [6.45, 7) is 3.82. The molecule has 0 radical (unpaired) electrons. The number of halogens is 1. The number of nitrogens with one attached hydrogen (secondary N) is 2. The molecule has 5 rings (SSSR count). The quantitative estimate of drug-likeness (QED) is 0.381. The van der Waals surface area contributed by atoms with Crippen molar-refractivity contribution in [2.45, 2.75) is 26.5 Å². The Morgan fingerprint density at radius 1 is 1.08 bits per heavy atom. The maximum absolute atomic E-state index is 14.0. The summed E-state index contributed by atoms with van der Waals surface area (Å²) < 4.78 is 27.0. The molecule has 1 aliphatic rings. The van der Waals surface area contributed by atoms with Gasteiger partial charge in [-0.1, -0.05) is 47.1 Å².